The van der Waals surface area contributed by atoms with Gasteiger partial charge in [-0.3, -0.25) is 4.79 Å². The predicted molar refractivity (Wildman–Crippen MR) is 82.4 cm³/mol. The van der Waals surface area contributed by atoms with Crippen molar-refractivity contribution in [2.75, 3.05) is 12.8 Å². The van der Waals surface area contributed by atoms with E-state index in [0.29, 0.717) is 16.8 Å². The lowest BCUT2D eigenvalue weighted by Crippen LogP contribution is -2.04. The SMILES string of the molecule is COC(=O)c1cc(C(C)=O)cc(-c2ccc(C)cc2N)c1. The van der Waals surface area contributed by atoms with Crippen molar-refractivity contribution in [1.29, 1.82) is 0 Å². The largest absolute Gasteiger partial charge is 0.465 e. The van der Waals surface area contributed by atoms with Crippen LogP contribution in [0.25, 0.3) is 11.1 Å². The molecule has 2 rings (SSSR count). The minimum atomic E-state index is -0.481. The average Bonchev–Trinajstić information content (AvgIpc) is 2.45. The van der Waals surface area contributed by atoms with Gasteiger partial charge >= 0.3 is 5.97 Å². The van der Waals surface area contributed by atoms with Crippen LogP contribution in [0.5, 0.6) is 0 Å². The van der Waals surface area contributed by atoms with Crippen LogP contribution in [-0.4, -0.2) is 18.9 Å². The van der Waals surface area contributed by atoms with Crippen molar-refractivity contribution in [2.45, 2.75) is 13.8 Å². The Kier molecular flexibility index (Phi) is 4.08. The molecule has 0 aromatic heterocycles. The van der Waals surface area contributed by atoms with E-state index >= 15 is 0 Å². The van der Waals surface area contributed by atoms with Gasteiger partial charge in [-0.25, -0.2) is 4.79 Å². The number of anilines is 1. The molecule has 0 atom stereocenters. The fraction of sp³-hybridized carbons (Fsp3) is 0.176. The first-order valence-corrected chi connectivity index (χ1v) is 6.53. The van der Waals surface area contributed by atoms with Crippen molar-refractivity contribution in [3.63, 3.8) is 0 Å². The van der Waals surface area contributed by atoms with Gasteiger partial charge in [0.05, 0.1) is 12.7 Å². The summed E-state index contributed by atoms with van der Waals surface area (Å²) >= 11 is 0. The van der Waals surface area contributed by atoms with Crippen LogP contribution in [0.2, 0.25) is 0 Å². The first kappa shape index (κ1) is 14.8. The monoisotopic (exact) mass is 283 g/mol. The minimum Gasteiger partial charge on any atom is -0.465 e. The number of methoxy groups -OCH3 is 1. The predicted octanol–water partition coefficient (Wildman–Crippen LogP) is 3.23. The van der Waals surface area contributed by atoms with Gasteiger partial charge in [0.15, 0.2) is 5.78 Å². The van der Waals surface area contributed by atoms with E-state index in [2.05, 4.69) is 0 Å². The maximum atomic E-state index is 11.7. The van der Waals surface area contributed by atoms with Gasteiger partial charge in [0.25, 0.3) is 0 Å². The number of ether oxygens (including phenoxy) is 1. The minimum absolute atomic E-state index is 0.118. The average molecular weight is 283 g/mol. The lowest BCUT2D eigenvalue weighted by atomic mass is 9.96. The van der Waals surface area contributed by atoms with E-state index in [9.17, 15) is 9.59 Å². The van der Waals surface area contributed by atoms with E-state index in [4.69, 9.17) is 10.5 Å². The summed E-state index contributed by atoms with van der Waals surface area (Å²) in [6, 6.07) is 10.6. The highest BCUT2D eigenvalue weighted by Gasteiger charge is 2.13. The van der Waals surface area contributed by atoms with Crippen LogP contribution in [0.1, 0.15) is 33.2 Å². The lowest BCUT2D eigenvalue weighted by molar-refractivity contribution is 0.0601. The molecule has 2 aromatic carbocycles. The molecule has 2 aromatic rings. The van der Waals surface area contributed by atoms with Gasteiger partial charge in [0.1, 0.15) is 0 Å². The molecular formula is C17H17NO3. The van der Waals surface area contributed by atoms with Gasteiger partial charge in [0, 0.05) is 16.8 Å². The molecule has 0 bridgehead atoms. The number of nitrogens with two attached hydrogens (primary N) is 1. The molecule has 2 N–H and O–H groups in total. The van der Waals surface area contributed by atoms with E-state index in [1.807, 2.05) is 25.1 Å². The fourth-order valence-electron chi connectivity index (χ4n) is 2.17. The smallest absolute Gasteiger partial charge is 0.337 e. The highest BCUT2D eigenvalue weighted by molar-refractivity contribution is 6.00. The third-order valence-electron chi connectivity index (χ3n) is 3.28. The Bertz CT molecular complexity index is 720. The molecule has 21 heavy (non-hydrogen) atoms. The molecule has 108 valence electrons. The molecule has 0 spiro atoms. The van der Waals surface area contributed by atoms with Gasteiger partial charge in [0.2, 0.25) is 0 Å². The summed E-state index contributed by atoms with van der Waals surface area (Å²) in [5.41, 5.74) is 9.98. The molecule has 4 nitrogen and oxygen atoms in total. The molecule has 0 unspecified atom stereocenters. The Morgan fingerprint density at radius 1 is 1.05 bits per heavy atom. The number of carbonyl (C=O) groups is 2. The maximum absolute atomic E-state index is 11.7. The summed E-state index contributed by atoms with van der Waals surface area (Å²) in [5, 5.41) is 0. The van der Waals surface area contributed by atoms with Crippen LogP contribution in [0, 0.1) is 6.92 Å². The van der Waals surface area contributed by atoms with Crippen molar-refractivity contribution >= 4 is 17.4 Å². The van der Waals surface area contributed by atoms with E-state index in [-0.39, 0.29) is 5.78 Å². The second-order valence-corrected chi connectivity index (χ2v) is 4.94. The molecule has 0 saturated carbocycles. The summed E-state index contributed by atoms with van der Waals surface area (Å²) < 4.78 is 4.73. The van der Waals surface area contributed by atoms with Crippen LogP contribution >= 0.6 is 0 Å². The van der Waals surface area contributed by atoms with Crippen molar-refractivity contribution in [3.05, 3.63) is 53.1 Å². The van der Waals surface area contributed by atoms with Gasteiger partial charge < -0.3 is 10.5 Å². The molecule has 0 radical (unpaired) electrons. The van der Waals surface area contributed by atoms with Crippen molar-refractivity contribution in [1.82, 2.24) is 0 Å². The van der Waals surface area contributed by atoms with E-state index in [1.54, 1.807) is 12.1 Å². The summed E-state index contributed by atoms with van der Waals surface area (Å²) in [4.78, 5) is 23.4. The molecule has 4 heteroatoms. The normalized spacial score (nSPS) is 10.2. The number of rotatable bonds is 3. The van der Waals surface area contributed by atoms with Gasteiger partial charge in [-0.2, -0.15) is 0 Å². The molecule has 0 aliphatic rings. The summed E-state index contributed by atoms with van der Waals surface area (Å²) in [5.74, 6) is -0.599. The van der Waals surface area contributed by atoms with Crippen LogP contribution in [0.4, 0.5) is 5.69 Å². The zero-order valence-corrected chi connectivity index (χ0v) is 12.3. The quantitative estimate of drug-likeness (QED) is 0.533. The summed E-state index contributed by atoms with van der Waals surface area (Å²) in [6.07, 6.45) is 0. The molecular weight excluding hydrogens is 266 g/mol. The third-order valence-corrected chi connectivity index (χ3v) is 3.28. The second-order valence-electron chi connectivity index (χ2n) is 4.94. The number of nitrogen functional groups attached to an aromatic ring is 1. The maximum Gasteiger partial charge on any atom is 0.337 e. The highest BCUT2D eigenvalue weighted by Crippen LogP contribution is 2.29. The molecule has 0 amide bonds. The first-order chi connectivity index (χ1) is 9.92. The van der Waals surface area contributed by atoms with E-state index < -0.39 is 5.97 Å². The molecule has 0 aliphatic heterocycles. The Morgan fingerprint density at radius 3 is 2.29 bits per heavy atom. The van der Waals surface area contributed by atoms with Crippen LogP contribution in [0.15, 0.2) is 36.4 Å². The molecule has 0 fully saturated rings. The number of hydrogen-bond donors (Lipinski definition) is 1. The number of aryl methyl sites for hydroxylation is 1. The molecule has 0 heterocycles. The van der Waals surface area contributed by atoms with Crippen molar-refractivity contribution < 1.29 is 14.3 Å². The standard InChI is InChI=1S/C17H17NO3/c1-10-4-5-15(16(18)6-10)13-7-12(11(2)19)8-14(9-13)17(20)21-3/h4-9H,18H2,1-3H3. The zero-order chi connectivity index (χ0) is 15.6. The van der Waals surface area contributed by atoms with Gasteiger partial charge in [-0.1, -0.05) is 12.1 Å². The first-order valence-electron chi connectivity index (χ1n) is 6.53. The second kappa shape index (κ2) is 5.79. The summed E-state index contributed by atoms with van der Waals surface area (Å²) in [6.45, 7) is 3.41. The van der Waals surface area contributed by atoms with Crippen LogP contribution in [-0.2, 0) is 4.74 Å². The highest BCUT2D eigenvalue weighted by atomic mass is 16.5. The number of benzene rings is 2. The van der Waals surface area contributed by atoms with Gasteiger partial charge in [-0.15, -0.1) is 0 Å². The Balaban J connectivity index is 2.64. The zero-order valence-electron chi connectivity index (χ0n) is 12.3. The molecule has 0 aliphatic carbocycles. The number of esters is 1. The Morgan fingerprint density at radius 2 is 1.71 bits per heavy atom. The van der Waals surface area contributed by atoms with Crippen molar-refractivity contribution in [2.24, 2.45) is 0 Å². The third kappa shape index (κ3) is 3.11. The lowest BCUT2D eigenvalue weighted by Gasteiger charge is -2.10. The van der Waals surface area contributed by atoms with Crippen LogP contribution < -0.4 is 5.73 Å². The topological polar surface area (TPSA) is 69.4 Å². The Labute approximate surface area is 123 Å². The Hall–Kier alpha value is -2.62. The van der Waals surface area contributed by atoms with Crippen molar-refractivity contribution in [3.8, 4) is 11.1 Å². The molecule has 0 saturated heterocycles. The van der Waals surface area contributed by atoms with Crippen LogP contribution in [0.3, 0.4) is 0 Å². The summed E-state index contributed by atoms with van der Waals surface area (Å²) in [7, 11) is 1.31. The number of hydrogen-bond acceptors (Lipinski definition) is 4. The fourth-order valence-corrected chi connectivity index (χ4v) is 2.17. The van der Waals surface area contributed by atoms with Gasteiger partial charge in [-0.05, 0) is 49.2 Å². The number of carbonyl (C=O) groups excluding carboxylic acids is 2. The van der Waals surface area contributed by atoms with E-state index in [0.717, 1.165) is 16.7 Å². The van der Waals surface area contributed by atoms with E-state index in [1.165, 1.54) is 20.1 Å². The number of ketones is 1. The number of Topliss-reactive ketones (excluding diaryl/α,β-unsaturated/α-hetero) is 1.